The van der Waals surface area contributed by atoms with Crippen molar-refractivity contribution in [1.82, 2.24) is 0 Å². The van der Waals surface area contributed by atoms with Crippen molar-refractivity contribution >= 4 is 16.8 Å². The Morgan fingerprint density at radius 3 is 1.93 bits per heavy atom. The van der Waals surface area contributed by atoms with Gasteiger partial charge in [-0.1, -0.05) is 0 Å². The summed E-state index contributed by atoms with van der Waals surface area (Å²) in [6.45, 7) is 0. The number of carbonyl (C=O) groups is 1. The molecule has 0 heterocycles. The van der Waals surface area contributed by atoms with E-state index >= 15 is 0 Å². The third kappa shape index (κ3) is 1.41. The predicted molar refractivity (Wildman–Crippen MR) is 56.0 cm³/mol. The molecule has 2 heteroatoms. The van der Waals surface area contributed by atoms with E-state index in [1.165, 1.54) is 32.1 Å². The van der Waals surface area contributed by atoms with Crippen molar-refractivity contribution in [3.63, 3.8) is 0 Å². The van der Waals surface area contributed by atoms with Crippen LogP contribution in [0.3, 0.4) is 0 Å². The van der Waals surface area contributed by atoms with E-state index < -0.39 is 0 Å². The van der Waals surface area contributed by atoms with E-state index in [1.807, 2.05) is 0 Å². The van der Waals surface area contributed by atoms with Gasteiger partial charge >= 0.3 is 0 Å². The molecule has 4 bridgehead atoms. The highest BCUT2D eigenvalue weighted by atomic mass is 35.5. The van der Waals surface area contributed by atoms with Crippen LogP contribution in [0.15, 0.2) is 0 Å². The van der Waals surface area contributed by atoms with Gasteiger partial charge in [0.15, 0.2) is 0 Å². The smallest absolute Gasteiger partial charge is 0.221 e. The van der Waals surface area contributed by atoms with Gasteiger partial charge in [-0.05, 0) is 73.3 Å². The molecule has 0 saturated heterocycles. The number of carbonyl (C=O) groups excluding carboxylic acids is 1. The van der Waals surface area contributed by atoms with Crippen molar-refractivity contribution < 1.29 is 4.79 Å². The molecule has 4 rings (SSSR count). The van der Waals surface area contributed by atoms with Gasteiger partial charge in [-0.15, -0.1) is 0 Å². The minimum Gasteiger partial charge on any atom is -0.281 e. The van der Waals surface area contributed by atoms with E-state index in [-0.39, 0.29) is 5.24 Å². The summed E-state index contributed by atoms with van der Waals surface area (Å²) < 4.78 is 0. The molecule has 0 aromatic rings. The van der Waals surface area contributed by atoms with E-state index in [0.717, 1.165) is 23.7 Å². The molecular weight excluding hydrogens is 196 g/mol. The number of hydrogen-bond acceptors (Lipinski definition) is 1. The average molecular weight is 213 g/mol. The second-order valence-corrected chi connectivity index (χ2v) is 6.08. The molecule has 4 aliphatic rings. The van der Waals surface area contributed by atoms with Crippen molar-refractivity contribution in [2.24, 2.45) is 29.6 Å². The SMILES string of the molecule is O=C(Cl)CC1C2C[C@H]3C[C@@H](C2)C[C@@H]1C3. The largest absolute Gasteiger partial charge is 0.281 e. The Labute approximate surface area is 90.2 Å². The Bertz CT molecular complexity index is 233. The average Bonchev–Trinajstić information content (AvgIpc) is 2.09. The molecule has 4 saturated carbocycles. The lowest BCUT2D eigenvalue weighted by atomic mass is 9.51. The monoisotopic (exact) mass is 212 g/mol. The highest BCUT2D eigenvalue weighted by Crippen LogP contribution is 2.57. The molecule has 0 amide bonds. The highest BCUT2D eigenvalue weighted by Gasteiger charge is 2.48. The van der Waals surface area contributed by atoms with E-state index in [4.69, 9.17) is 11.6 Å². The summed E-state index contributed by atoms with van der Waals surface area (Å²) in [5.41, 5.74) is 0. The zero-order chi connectivity index (χ0) is 9.71. The summed E-state index contributed by atoms with van der Waals surface area (Å²) in [5, 5.41) is -0.109. The fraction of sp³-hybridized carbons (Fsp3) is 0.917. The van der Waals surface area contributed by atoms with Gasteiger partial charge in [0.25, 0.3) is 0 Å². The van der Waals surface area contributed by atoms with Crippen LogP contribution in [0.2, 0.25) is 0 Å². The van der Waals surface area contributed by atoms with Crippen LogP contribution >= 0.6 is 11.6 Å². The van der Waals surface area contributed by atoms with Crippen LogP contribution in [0.1, 0.15) is 38.5 Å². The van der Waals surface area contributed by atoms with Crippen LogP contribution in [-0.4, -0.2) is 5.24 Å². The Morgan fingerprint density at radius 2 is 1.50 bits per heavy atom. The summed E-state index contributed by atoms with van der Waals surface area (Å²) >= 11 is 5.53. The van der Waals surface area contributed by atoms with Crippen molar-refractivity contribution in [2.45, 2.75) is 38.5 Å². The molecule has 4 aliphatic carbocycles. The van der Waals surface area contributed by atoms with Gasteiger partial charge < -0.3 is 0 Å². The van der Waals surface area contributed by atoms with E-state index in [9.17, 15) is 4.79 Å². The Balaban J connectivity index is 1.77. The predicted octanol–water partition coefficient (Wildman–Crippen LogP) is 3.21. The fourth-order valence-corrected chi connectivity index (χ4v) is 4.73. The molecule has 0 aliphatic heterocycles. The van der Waals surface area contributed by atoms with Crippen molar-refractivity contribution in [1.29, 1.82) is 0 Å². The molecule has 0 aromatic carbocycles. The Hall–Kier alpha value is -0.0400. The molecule has 0 radical (unpaired) electrons. The topological polar surface area (TPSA) is 17.1 Å². The molecule has 0 spiro atoms. The molecule has 78 valence electrons. The van der Waals surface area contributed by atoms with Gasteiger partial charge in [0.05, 0.1) is 0 Å². The van der Waals surface area contributed by atoms with Crippen molar-refractivity contribution in [2.75, 3.05) is 0 Å². The summed E-state index contributed by atoms with van der Waals surface area (Å²) in [5.74, 6) is 4.33. The van der Waals surface area contributed by atoms with Crippen LogP contribution in [0, 0.1) is 29.6 Å². The van der Waals surface area contributed by atoms with Gasteiger partial charge in [-0.3, -0.25) is 4.79 Å². The van der Waals surface area contributed by atoms with Gasteiger partial charge in [0, 0.05) is 6.42 Å². The van der Waals surface area contributed by atoms with E-state index in [1.54, 1.807) is 0 Å². The van der Waals surface area contributed by atoms with Crippen LogP contribution in [0.4, 0.5) is 0 Å². The molecule has 4 fully saturated rings. The Kier molecular flexibility index (Phi) is 2.12. The maximum absolute atomic E-state index is 11.0. The van der Waals surface area contributed by atoms with Gasteiger partial charge in [-0.2, -0.15) is 0 Å². The van der Waals surface area contributed by atoms with E-state index in [2.05, 4.69) is 0 Å². The fourth-order valence-electron chi connectivity index (χ4n) is 4.56. The lowest BCUT2D eigenvalue weighted by Crippen LogP contribution is -2.45. The molecule has 1 nitrogen and oxygen atoms in total. The summed E-state index contributed by atoms with van der Waals surface area (Å²) in [6.07, 6.45) is 7.69. The third-order valence-electron chi connectivity index (χ3n) is 4.82. The molecule has 0 atom stereocenters. The minimum absolute atomic E-state index is 0.109. The van der Waals surface area contributed by atoms with Crippen molar-refractivity contribution in [3.05, 3.63) is 0 Å². The van der Waals surface area contributed by atoms with Crippen LogP contribution < -0.4 is 0 Å². The van der Waals surface area contributed by atoms with E-state index in [0.29, 0.717) is 12.3 Å². The lowest BCUT2D eigenvalue weighted by Gasteiger charge is -2.54. The van der Waals surface area contributed by atoms with Crippen LogP contribution in [0.5, 0.6) is 0 Å². The van der Waals surface area contributed by atoms with Crippen LogP contribution in [-0.2, 0) is 4.79 Å². The summed E-state index contributed by atoms with van der Waals surface area (Å²) in [4.78, 5) is 11.0. The second kappa shape index (κ2) is 3.23. The second-order valence-electron chi connectivity index (χ2n) is 5.65. The first-order valence-electron chi connectivity index (χ1n) is 5.90. The first kappa shape index (κ1) is 9.21. The molecule has 0 unspecified atom stereocenters. The summed E-state index contributed by atoms with van der Waals surface area (Å²) in [7, 11) is 0. The van der Waals surface area contributed by atoms with Crippen molar-refractivity contribution in [3.8, 4) is 0 Å². The number of rotatable bonds is 2. The maximum atomic E-state index is 11.0. The number of hydrogen-bond donors (Lipinski definition) is 0. The summed E-state index contributed by atoms with van der Waals surface area (Å²) in [6, 6.07) is 0. The zero-order valence-corrected chi connectivity index (χ0v) is 9.17. The quantitative estimate of drug-likeness (QED) is 0.643. The first-order valence-corrected chi connectivity index (χ1v) is 6.28. The zero-order valence-electron chi connectivity index (χ0n) is 8.42. The molecule has 0 aromatic heterocycles. The minimum atomic E-state index is -0.109. The number of halogens is 1. The molecular formula is C12H17ClO. The van der Waals surface area contributed by atoms with Gasteiger partial charge in [-0.25, -0.2) is 0 Å². The normalized spacial score (nSPS) is 49.6. The third-order valence-corrected chi connectivity index (χ3v) is 4.97. The Morgan fingerprint density at radius 1 is 1.00 bits per heavy atom. The maximum Gasteiger partial charge on any atom is 0.221 e. The molecule has 0 N–H and O–H groups in total. The molecule has 14 heavy (non-hydrogen) atoms. The van der Waals surface area contributed by atoms with Gasteiger partial charge in [0.2, 0.25) is 5.24 Å². The highest BCUT2D eigenvalue weighted by molar-refractivity contribution is 6.63. The van der Waals surface area contributed by atoms with Gasteiger partial charge in [0.1, 0.15) is 0 Å². The first-order chi connectivity index (χ1) is 6.72. The van der Waals surface area contributed by atoms with Crippen LogP contribution in [0.25, 0.3) is 0 Å². The standard InChI is InChI=1S/C12H17ClO/c13-12(14)6-11-9-2-7-1-8(4-9)5-10(11)3-7/h7-11H,1-6H2/t7-,8+,9-,10?,11?. The lowest BCUT2D eigenvalue weighted by molar-refractivity contribution is -0.116.